The molecule has 0 aromatic carbocycles. The first-order valence-electron chi connectivity index (χ1n) is 3.87. The standard InChI is InChI=1S/C8H16N2O2/c1-6(11)5-9-7(12)10-8(2,3)4/h5H2,1-4H3,(H2,9,10,12). The Labute approximate surface area is 72.7 Å². The molecule has 0 unspecified atom stereocenters. The zero-order chi connectivity index (χ0) is 9.78. The molecule has 0 aliphatic heterocycles. The Morgan fingerprint density at radius 2 is 1.75 bits per heavy atom. The molecule has 2 N–H and O–H groups in total. The molecule has 0 spiro atoms. The largest absolute Gasteiger partial charge is 0.334 e. The molecule has 0 aliphatic carbocycles. The molecule has 12 heavy (non-hydrogen) atoms. The van der Waals surface area contributed by atoms with Gasteiger partial charge in [-0.1, -0.05) is 0 Å². The van der Waals surface area contributed by atoms with Gasteiger partial charge in [0.25, 0.3) is 0 Å². The molecule has 4 heteroatoms. The van der Waals surface area contributed by atoms with Gasteiger partial charge in [0, 0.05) is 5.54 Å². The first kappa shape index (κ1) is 10.9. The van der Waals surface area contributed by atoms with Crippen molar-refractivity contribution in [2.24, 2.45) is 0 Å². The number of amides is 2. The molecular formula is C8H16N2O2. The maximum atomic E-state index is 11.0. The maximum absolute atomic E-state index is 11.0. The second-order valence-electron chi connectivity index (χ2n) is 3.76. The number of Topliss-reactive ketones (excluding diaryl/α,β-unsaturated/α-hetero) is 1. The van der Waals surface area contributed by atoms with Gasteiger partial charge in [0.05, 0.1) is 6.54 Å². The lowest BCUT2D eigenvalue weighted by molar-refractivity contribution is -0.116. The van der Waals surface area contributed by atoms with Gasteiger partial charge in [-0.2, -0.15) is 0 Å². The Balaban J connectivity index is 3.68. The maximum Gasteiger partial charge on any atom is 0.315 e. The van der Waals surface area contributed by atoms with Crippen LogP contribution in [0.15, 0.2) is 0 Å². The number of carbonyl (C=O) groups excluding carboxylic acids is 2. The highest BCUT2D eigenvalue weighted by atomic mass is 16.2. The van der Waals surface area contributed by atoms with Crippen molar-refractivity contribution in [3.8, 4) is 0 Å². The lowest BCUT2D eigenvalue weighted by Crippen LogP contribution is -2.47. The molecule has 0 aliphatic rings. The summed E-state index contributed by atoms with van der Waals surface area (Å²) in [6.07, 6.45) is 0. The molecule has 0 saturated heterocycles. The third-order valence-corrected chi connectivity index (χ3v) is 0.986. The second-order valence-corrected chi connectivity index (χ2v) is 3.76. The molecule has 70 valence electrons. The minimum Gasteiger partial charge on any atom is -0.334 e. The summed E-state index contributed by atoms with van der Waals surface area (Å²) in [5.74, 6) is -0.0564. The third-order valence-electron chi connectivity index (χ3n) is 0.986. The van der Waals surface area contributed by atoms with Crippen molar-refractivity contribution in [2.45, 2.75) is 33.2 Å². The SMILES string of the molecule is CC(=O)CNC(=O)NC(C)(C)C. The smallest absolute Gasteiger partial charge is 0.315 e. The molecule has 0 fully saturated rings. The van der Waals surface area contributed by atoms with Crippen molar-refractivity contribution in [3.63, 3.8) is 0 Å². The molecule has 2 amide bonds. The summed E-state index contributed by atoms with van der Waals surface area (Å²) in [4.78, 5) is 21.5. The molecular weight excluding hydrogens is 156 g/mol. The zero-order valence-electron chi connectivity index (χ0n) is 8.02. The van der Waals surface area contributed by atoms with Gasteiger partial charge in [-0.3, -0.25) is 4.79 Å². The lowest BCUT2D eigenvalue weighted by Gasteiger charge is -2.20. The lowest BCUT2D eigenvalue weighted by atomic mass is 10.1. The Bertz CT molecular complexity index is 182. The summed E-state index contributed by atoms with van der Waals surface area (Å²) in [7, 11) is 0. The van der Waals surface area contributed by atoms with E-state index in [1.807, 2.05) is 20.8 Å². The Morgan fingerprint density at radius 1 is 1.25 bits per heavy atom. The average molecular weight is 172 g/mol. The van der Waals surface area contributed by atoms with Gasteiger partial charge < -0.3 is 10.6 Å². The summed E-state index contributed by atoms with van der Waals surface area (Å²) in [6.45, 7) is 7.14. The van der Waals surface area contributed by atoms with Crippen LogP contribution in [-0.2, 0) is 4.79 Å². The van der Waals surface area contributed by atoms with E-state index in [1.54, 1.807) is 0 Å². The molecule has 0 aromatic rings. The molecule has 4 nitrogen and oxygen atoms in total. The van der Waals surface area contributed by atoms with Crippen LogP contribution in [0.4, 0.5) is 4.79 Å². The first-order valence-corrected chi connectivity index (χ1v) is 3.87. The predicted molar refractivity (Wildman–Crippen MR) is 47.0 cm³/mol. The number of rotatable bonds is 2. The highest BCUT2D eigenvalue weighted by Gasteiger charge is 2.12. The highest BCUT2D eigenvalue weighted by molar-refractivity contribution is 5.83. The van der Waals surface area contributed by atoms with E-state index in [2.05, 4.69) is 10.6 Å². The fourth-order valence-electron chi connectivity index (χ4n) is 0.590. The summed E-state index contributed by atoms with van der Waals surface area (Å²) in [5, 5.41) is 5.11. The normalized spacial score (nSPS) is 10.7. The molecule has 0 heterocycles. The van der Waals surface area contributed by atoms with E-state index in [-0.39, 0.29) is 23.9 Å². The second kappa shape index (κ2) is 4.09. The summed E-state index contributed by atoms with van der Waals surface area (Å²) < 4.78 is 0. The van der Waals surface area contributed by atoms with Crippen molar-refractivity contribution in [2.75, 3.05) is 6.54 Å². The molecule has 0 rings (SSSR count). The minimum atomic E-state index is -0.308. The predicted octanol–water partition coefficient (Wildman–Crippen LogP) is 0.673. The number of urea groups is 1. The Hall–Kier alpha value is -1.06. The Kier molecular flexibility index (Phi) is 3.73. The van der Waals surface area contributed by atoms with Gasteiger partial charge in [0.2, 0.25) is 0 Å². The van der Waals surface area contributed by atoms with E-state index in [1.165, 1.54) is 6.92 Å². The van der Waals surface area contributed by atoms with Gasteiger partial charge in [-0.15, -0.1) is 0 Å². The molecule has 0 aromatic heterocycles. The van der Waals surface area contributed by atoms with Crippen LogP contribution in [0, 0.1) is 0 Å². The number of hydrogen-bond donors (Lipinski definition) is 2. The van der Waals surface area contributed by atoms with E-state index in [0.29, 0.717) is 0 Å². The van der Waals surface area contributed by atoms with Gasteiger partial charge >= 0.3 is 6.03 Å². The van der Waals surface area contributed by atoms with Crippen LogP contribution < -0.4 is 10.6 Å². The van der Waals surface area contributed by atoms with Crippen LogP contribution in [0.25, 0.3) is 0 Å². The molecule has 0 bridgehead atoms. The minimum absolute atomic E-state index is 0.0564. The number of hydrogen-bond acceptors (Lipinski definition) is 2. The molecule has 0 radical (unpaired) electrons. The fourth-order valence-corrected chi connectivity index (χ4v) is 0.590. The van der Waals surface area contributed by atoms with Gasteiger partial charge in [0.15, 0.2) is 0 Å². The van der Waals surface area contributed by atoms with Crippen molar-refractivity contribution < 1.29 is 9.59 Å². The first-order chi connectivity index (χ1) is 5.31. The van der Waals surface area contributed by atoms with Gasteiger partial charge in [0.1, 0.15) is 5.78 Å². The topological polar surface area (TPSA) is 58.2 Å². The summed E-state index contributed by atoms with van der Waals surface area (Å²) in [5.41, 5.74) is -0.263. The number of nitrogens with one attached hydrogen (secondary N) is 2. The van der Waals surface area contributed by atoms with Crippen molar-refractivity contribution >= 4 is 11.8 Å². The van der Waals surface area contributed by atoms with Crippen molar-refractivity contribution in [3.05, 3.63) is 0 Å². The number of carbonyl (C=O) groups is 2. The molecule has 0 atom stereocenters. The quantitative estimate of drug-likeness (QED) is 0.643. The van der Waals surface area contributed by atoms with Crippen LogP contribution in [0.1, 0.15) is 27.7 Å². The Morgan fingerprint density at radius 3 is 2.08 bits per heavy atom. The van der Waals surface area contributed by atoms with Gasteiger partial charge in [-0.25, -0.2) is 4.79 Å². The number of ketones is 1. The molecule has 0 saturated carbocycles. The van der Waals surface area contributed by atoms with E-state index in [4.69, 9.17) is 0 Å². The third kappa shape index (κ3) is 7.05. The van der Waals surface area contributed by atoms with Crippen molar-refractivity contribution in [1.29, 1.82) is 0 Å². The fraction of sp³-hybridized carbons (Fsp3) is 0.750. The van der Waals surface area contributed by atoms with Crippen molar-refractivity contribution in [1.82, 2.24) is 10.6 Å². The zero-order valence-corrected chi connectivity index (χ0v) is 8.02. The highest BCUT2D eigenvalue weighted by Crippen LogP contribution is 1.96. The van der Waals surface area contributed by atoms with E-state index >= 15 is 0 Å². The van der Waals surface area contributed by atoms with E-state index in [0.717, 1.165) is 0 Å². The van der Waals surface area contributed by atoms with Gasteiger partial charge in [-0.05, 0) is 27.7 Å². The van der Waals surface area contributed by atoms with Crippen LogP contribution >= 0.6 is 0 Å². The van der Waals surface area contributed by atoms with Crippen LogP contribution in [0.3, 0.4) is 0 Å². The van der Waals surface area contributed by atoms with E-state index in [9.17, 15) is 9.59 Å². The van der Waals surface area contributed by atoms with Crippen LogP contribution in [0.2, 0.25) is 0 Å². The average Bonchev–Trinajstić information content (AvgIpc) is 1.79. The van der Waals surface area contributed by atoms with E-state index < -0.39 is 0 Å². The van der Waals surface area contributed by atoms with Crippen LogP contribution in [0.5, 0.6) is 0 Å². The summed E-state index contributed by atoms with van der Waals surface area (Å²) >= 11 is 0. The summed E-state index contributed by atoms with van der Waals surface area (Å²) in [6, 6.07) is -0.308. The monoisotopic (exact) mass is 172 g/mol. The van der Waals surface area contributed by atoms with Crippen LogP contribution in [-0.4, -0.2) is 23.9 Å².